The highest BCUT2D eigenvalue weighted by molar-refractivity contribution is 7.86. The largest absolute Gasteiger partial charge is 0.743 e. The smallest absolute Gasteiger partial charge is 0.466 e. The molecule has 1 amide bonds. The van der Waals surface area contributed by atoms with Gasteiger partial charge in [0.1, 0.15) is 0 Å². The molecule has 17 heteroatoms. The zero-order valence-electron chi connectivity index (χ0n) is 14.4. The topological polar surface area (TPSA) is 122 Å². The molecule has 174 valence electrons. The highest BCUT2D eigenvalue weighted by Crippen LogP contribution is 2.42. The fraction of sp³-hybridized carbons (Fsp3) is 0.538. The number of alkyl halides is 7. The molecule has 8 nitrogen and oxygen atoms in total. The van der Waals surface area contributed by atoms with Gasteiger partial charge < -0.3 is 19.3 Å². The lowest BCUT2D eigenvalue weighted by Crippen LogP contribution is -2.62. The lowest BCUT2D eigenvalue weighted by molar-refractivity contribution is -0.349. The molecular formula is C13H12F8NO7S-. The Hall–Kier alpha value is -2.27. The Balaban J connectivity index is 5.99. The lowest BCUT2D eigenvalue weighted by Gasteiger charge is -2.34. The van der Waals surface area contributed by atoms with Gasteiger partial charge in [-0.1, -0.05) is 12.7 Å². The molecule has 0 aromatic carbocycles. The zero-order valence-corrected chi connectivity index (χ0v) is 15.2. The summed E-state index contributed by atoms with van der Waals surface area (Å²) in [5, 5.41) is -4.85. The molecule has 1 unspecified atom stereocenters. The number of hydrogen-bond donors (Lipinski definition) is 1. The van der Waals surface area contributed by atoms with Gasteiger partial charge in [0.2, 0.25) is 5.83 Å². The van der Waals surface area contributed by atoms with Gasteiger partial charge in [-0.05, 0) is 0 Å². The van der Waals surface area contributed by atoms with Gasteiger partial charge in [0.25, 0.3) is 0 Å². The van der Waals surface area contributed by atoms with Crippen molar-refractivity contribution in [3.8, 4) is 0 Å². The summed E-state index contributed by atoms with van der Waals surface area (Å²) in [6.45, 7) is 2.36. The number of amides is 1. The Morgan fingerprint density at radius 2 is 1.60 bits per heavy atom. The summed E-state index contributed by atoms with van der Waals surface area (Å²) < 4.78 is 144. The number of halogens is 8. The van der Waals surface area contributed by atoms with E-state index in [0.29, 0.717) is 0 Å². The van der Waals surface area contributed by atoms with Crippen molar-refractivity contribution >= 4 is 22.0 Å². The summed E-state index contributed by atoms with van der Waals surface area (Å²) in [7, 11) is -6.96. The number of carbonyl (C=O) groups is 2. The Bertz CT molecular complexity index is 796. The average Bonchev–Trinajstić information content (AvgIpc) is 2.55. The van der Waals surface area contributed by atoms with Gasteiger partial charge in [0.15, 0.2) is 10.1 Å². The molecule has 0 aromatic rings. The molecule has 0 saturated heterocycles. The van der Waals surface area contributed by atoms with E-state index in [-0.39, 0.29) is 0 Å². The second-order valence-electron chi connectivity index (χ2n) is 5.18. The van der Waals surface area contributed by atoms with Crippen LogP contribution in [0.25, 0.3) is 0 Å². The molecular weight excluding hydrogens is 466 g/mol. The van der Waals surface area contributed by atoms with E-state index >= 15 is 0 Å². The first kappa shape index (κ1) is 27.7. The van der Waals surface area contributed by atoms with Crippen molar-refractivity contribution in [1.29, 1.82) is 0 Å². The third kappa shape index (κ3) is 5.88. The molecule has 1 atom stereocenters. The number of ether oxygens (including phenoxy) is 2. The van der Waals surface area contributed by atoms with Crippen LogP contribution in [0.4, 0.5) is 35.1 Å². The van der Waals surface area contributed by atoms with Crippen LogP contribution in [0.5, 0.6) is 0 Å². The van der Waals surface area contributed by atoms with Crippen molar-refractivity contribution in [3.63, 3.8) is 0 Å². The van der Waals surface area contributed by atoms with E-state index in [4.69, 9.17) is 0 Å². The lowest BCUT2D eigenvalue weighted by atomic mass is 10.2. The molecule has 1 N–H and O–H groups in total. The van der Waals surface area contributed by atoms with E-state index in [9.17, 15) is 57.7 Å². The van der Waals surface area contributed by atoms with Crippen LogP contribution in [-0.4, -0.2) is 61.1 Å². The van der Waals surface area contributed by atoms with Crippen LogP contribution in [-0.2, 0) is 29.2 Å². The number of nitrogens with one attached hydrogen (secondary N) is 1. The first-order valence-corrected chi connectivity index (χ1v) is 8.56. The third-order valence-corrected chi connectivity index (χ3v) is 3.92. The average molecular weight is 478 g/mol. The van der Waals surface area contributed by atoms with Crippen LogP contribution in [0, 0.1) is 0 Å². The maximum absolute atomic E-state index is 13.4. The maximum atomic E-state index is 13.4. The van der Waals surface area contributed by atoms with E-state index < -0.39 is 70.5 Å². The fourth-order valence-corrected chi connectivity index (χ4v) is 2.00. The van der Waals surface area contributed by atoms with E-state index in [2.05, 4.69) is 22.6 Å². The Morgan fingerprint density at radius 3 is 1.97 bits per heavy atom. The number of carbonyl (C=O) groups excluding carboxylic acids is 2. The summed E-state index contributed by atoms with van der Waals surface area (Å²) in [6, 6.07) is 0. The van der Waals surface area contributed by atoms with Crippen LogP contribution in [0.2, 0.25) is 0 Å². The molecule has 0 aliphatic heterocycles. The minimum atomic E-state index is -6.96. The van der Waals surface area contributed by atoms with E-state index in [1.54, 1.807) is 0 Å². The minimum Gasteiger partial charge on any atom is -0.743 e. The second kappa shape index (κ2) is 9.25. The van der Waals surface area contributed by atoms with Crippen molar-refractivity contribution in [2.75, 3.05) is 13.2 Å². The van der Waals surface area contributed by atoms with Crippen LogP contribution in [0.3, 0.4) is 0 Å². The highest BCUT2D eigenvalue weighted by atomic mass is 32.2. The molecule has 0 heterocycles. The summed E-state index contributed by atoms with van der Waals surface area (Å²) in [4.78, 5) is 23.0. The quantitative estimate of drug-likeness (QED) is 0.120. The summed E-state index contributed by atoms with van der Waals surface area (Å²) in [5.41, 5.74) is 0. The SMILES string of the molecule is C=CCNC(=O)C(OCCC(F)(F)C(F)(F)S(=O)(=O)[O-])(OC(=O)C(=C)F)C(F)(F)F. The van der Waals surface area contributed by atoms with Crippen LogP contribution < -0.4 is 5.32 Å². The maximum Gasteiger partial charge on any atom is 0.466 e. The monoisotopic (exact) mass is 478 g/mol. The Labute approximate surface area is 163 Å². The minimum absolute atomic E-state index is 0.739. The van der Waals surface area contributed by atoms with Crippen molar-refractivity contribution in [2.45, 2.75) is 29.6 Å². The van der Waals surface area contributed by atoms with Gasteiger partial charge in [-0.3, -0.25) is 4.79 Å². The zero-order chi connectivity index (χ0) is 24.2. The summed E-state index contributed by atoms with van der Waals surface area (Å²) in [6.07, 6.45) is -7.85. The van der Waals surface area contributed by atoms with Crippen molar-refractivity contribution in [1.82, 2.24) is 5.32 Å². The standard InChI is InChI=1S/C13H13F8NO7S/c1-3-5-22-9(24)11(12(17,18)19,29-8(23)7(2)14)28-6-4-10(15,16)13(20,21)30(25,26)27/h3H,1-2,4-6H2,(H,22,24)(H,25,26,27)/p-1. The van der Waals surface area contributed by atoms with E-state index in [0.717, 1.165) is 6.08 Å². The predicted molar refractivity (Wildman–Crippen MR) is 78.5 cm³/mol. The first-order valence-electron chi connectivity index (χ1n) is 7.15. The van der Waals surface area contributed by atoms with Gasteiger partial charge in [0, 0.05) is 13.0 Å². The summed E-state index contributed by atoms with van der Waals surface area (Å²) >= 11 is 0. The van der Waals surface area contributed by atoms with Gasteiger partial charge in [0.05, 0.1) is 6.61 Å². The predicted octanol–water partition coefficient (Wildman–Crippen LogP) is 1.75. The third-order valence-electron chi connectivity index (χ3n) is 3.00. The molecule has 30 heavy (non-hydrogen) atoms. The number of rotatable bonds is 11. The molecule has 0 aromatic heterocycles. The van der Waals surface area contributed by atoms with Gasteiger partial charge in [-0.15, -0.1) is 6.58 Å². The molecule has 0 saturated carbocycles. The summed E-state index contributed by atoms with van der Waals surface area (Å²) in [5.74, 6) is -17.7. The molecule has 0 bridgehead atoms. The second-order valence-corrected chi connectivity index (χ2v) is 6.60. The molecule has 0 aliphatic carbocycles. The fourth-order valence-electron chi connectivity index (χ4n) is 1.53. The molecule has 0 fully saturated rings. The van der Waals surface area contributed by atoms with Crippen molar-refractivity contribution in [2.24, 2.45) is 0 Å². The molecule has 0 radical (unpaired) electrons. The normalized spacial score (nSPS) is 15.1. The Morgan fingerprint density at radius 1 is 1.10 bits per heavy atom. The van der Waals surface area contributed by atoms with Crippen molar-refractivity contribution < 1.29 is 67.2 Å². The van der Waals surface area contributed by atoms with Crippen LogP contribution in [0.1, 0.15) is 6.42 Å². The Kier molecular flexibility index (Phi) is 8.55. The number of hydrogen-bond acceptors (Lipinski definition) is 7. The van der Waals surface area contributed by atoms with E-state index in [1.807, 2.05) is 0 Å². The van der Waals surface area contributed by atoms with Gasteiger partial charge in [-0.25, -0.2) is 13.2 Å². The van der Waals surface area contributed by atoms with Gasteiger partial charge in [-0.2, -0.15) is 35.1 Å². The number of esters is 1. The molecule has 0 aliphatic rings. The van der Waals surface area contributed by atoms with Crippen molar-refractivity contribution in [3.05, 3.63) is 25.1 Å². The van der Waals surface area contributed by atoms with Crippen LogP contribution >= 0.6 is 0 Å². The molecule has 0 spiro atoms. The van der Waals surface area contributed by atoms with Crippen LogP contribution in [0.15, 0.2) is 25.1 Å². The molecule has 0 rings (SSSR count). The first-order chi connectivity index (χ1) is 13.3. The van der Waals surface area contributed by atoms with Gasteiger partial charge >= 0.3 is 35.0 Å². The highest BCUT2D eigenvalue weighted by Gasteiger charge is 2.67. The van der Waals surface area contributed by atoms with E-state index in [1.165, 1.54) is 5.32 Å².